The number of likely N-dealkylation sites (tertiary alicyclic amines) is 1. The van der Waals surface area contributed by atoms with Gasteiger partial charge in [-0.2, -0.15) is 0 Å². The molecule has 1 aromatic carbocycles. The van der Waals surface area contributed by atoms with Crippen molar-refractivity contribution in [2.24, 2.45) is 0 Å². The number of methoxy groups -OCH3 is 1. The summed E-state index contributed by atoms with van der Waals surface area (Å²) in [5.41, 5.74) is 4.33. The van der Waals surface area contributed by atoms with Crippen LogP contribution in [0, 0.1) is 13.8 Å². The van der Waals surface area contributed by atoms with Gasteiger partial charge < -0.3 is 14.0 Å². The molecule has 2 heterocycles. The number of ether oxygens (including phenoxy) is 2. The van der Waals surface area contributed by atoms with E-state index in [2.05, 4.69) is 22.7 Å². The molecule has 3 rings (SSSR count). The summed E-state index contributed by atoms with van der Waals surface area (Å²) < 4.78 is 16.9. The molecule has 0 bridgehead atoms. The van der Waals surface area contributed by atoms with E-state index in [1.54, 1.807) is 7.11 Å². The first kappa shape index (κ1) is 18.5. The quantitative estimate of drug-likeness (QED) is 0.679. The zero-order valence-corrected chi connectivity index (χ0v) is 16.2. The molecule has 1 saturated heterocycles. The second-order valence-electron chi connectivity index (χ2n) is 7.06. The van der Waals surface area contributed by atoms with Gasteiger partial charge in [-0.3, -0.25) is 4.90 Å². The average molecular weight is 356 g/mol. The Hall–Kier alpha value is -2.27. The van der Waals surface area contributed by atoms with Crippen LogP contribution in [0.4, 0.5) is 0 Å². The van der Waals surface area contributed by atoms with E-state index in [0.29, 0.717) is 12.6 Å². The van der Waals surface area contributed by atoms with Crippen molar-refractivity contribution in [3.8, 4) is 11.5 Å². The number of hydrogen-bond donors (Lipinski definition) is 0. The average Bonchev–Trinajstić information content (AvgIpc) is 3.19. The molecule has 2 aromatic rings. The Kier molecular flexibility index (Phi) is 5.67. The van der Waals surface area contributed by atoms with Gasteiger partial charge in [-0.05, 0) is 51.8 Å². The fourth-order valence-electron chi connectivity index (χ4n) is 3.73. The van der Waals surface area contributed by atoms with Crippen molar-refractivity contribution in [1.82, 2.24) is 10.1 Å². The zero-order valence-electron chi connectivity index (χ0n) is 16.2. The van der Waals surface area contributed by atoms with Crippen LogP contribution in [0.25, 0.3) is 0 Å². The smallest absolute Gasteiger partial charge is 0.166 e. The van der Waals surface area contributed by atoms with Gasteiger partial charge in [-0.25, -0.2) is 0 Å². The van der Waals surface area contributed by atoms with Gasteiger partial charge in [0.2, 0.25) is 0 Å². The Balaban J connectivity index is 1.86. The third-order valence-electron chi connectivity index (χ3n) is 4.90. The van der Waals surface area contributed by atoms with Crippen LogP contribution in [0.3, 0.4) is 0 Å². The molecular weight excluding hydrogens is 328 g/mol. The summed E-state index contributed by atoms with van der Waals surface area (Å²) >= 11 is 0. The minimum absolute atomic E-state index is 0.335. The molecule has 1 aliphatic rings. The molecule has 0 unspecified atom stereocenters. The lowest BCUT2D eigenvalue weighted by Crippen LogP contribution is -2.24. The number of hydrogen-bond acceptors (Lipinski definition) is 5. The van der Waals surface area contributed by atoms with Crippen molar-refractivity contribution in [3.05, 3.63) is 52.9 Å². The number of benzene rings is 1. The minimum Gasteiger partial charge on any atom is -0.493 e. The van der Waals surface area contributed by atoms with Gasteiger partial charge in [-0.15, -0.1) is 0 Å². The topological polar surface area (TPSA) is 47.7 Å². The maximum atomic E-state index is 6.02. The standard InChI is InChI=1S/C21H28N2O3/c1-14(2)13-25-21-17(8-6-10-19(21)24-5)12-23-11-7-9-18(23)20-15(3)22-26-16(20)4/h6,8,10,18H,1,7,9,11-13H2,2-5H3/t18-/m0/s1. The summed E-state index contributed by atoms with van der Waals surface area (Å²) in [6.45, 7) is 12.3. The third kappa shape index (κ3) is 3.78. The van der Waals surface area contributed by atoms with Gasteiger partial charge in [0.15, 0.2) is 11.5 Å². The molecule has 1 fully saturated rings. The van der Waals surface area contributed by atoms with Crippen molar-refractivity contribution in [2.75, 3.05) is 20.3 Å². The normalized spacial score (nSPS) is 17.5. The van der Waals surface area contributed by atoms with E-state index < -0.39 is 0 Å². The van der Waals surface area contributed by atoms with Crippen LogP contribution in [0.2, 0.25) is 0 Å². The molecule has 1 atom stereocenters. The monoisotopic (exact) mass is 356 g/mol. The molecule has 5 heteroatoms. The Morgan fingerprint density at radius 1 is 1.38 bits per heavy atom. The second kappa shape index (κ2) is 7.96. The molecule has 0 N–H and O–H groups in total. The molecule has 5 nitrogen and oxygen atoms in total. The van der Waals surface area contributed by atoms with E-state index in [-0.39, 0.29) is 0 Å². The summed E-state index contributed by atoms with van der Waals surface area (Å²) in [7, 11) is 1.68. The molecule has 26 heavy (non-hydrogen) atoms. The van der Waals surface area contributed by atoms with Gasteiger partial charge in [0, 0.05) is 23.7 Å². The van der Waals surface area contributed by atoms with Crippen molar-refractivity contribution < 1.29 is 14.0 Å². The number of aromatic nitrogens is 1. The first-order valence-electron chi connectivity index (χ1n) is 9.11. The molecule has 1 aliphatic heterocycles. The summed E-state index contributed by atoms with van der Waals surface area (Å²) in [6.07, 6.45) is 2.29. The first-order chi connectivity index (χ1) is 12.5. The predicted octanol–water partition coefficient (Wildman–Crippen LogP) is 4.59. The van der Waals surface area contributed by atoms with Crippen molar-refractivity contribution in [3.63, 3.8) is 0 Å². The maximum absolute atomic E-state index is 6.02. The Bertz CT molecular complexity index is 762. The largest absolute Gasteiger partial charge is 0.493 e. The number of nitrogens with zero attached hydrogens (tertiary/aromatic N) is 2. The van der Waals surface area contributed by atoms with Gasteiger partial charge in [0.1, 0.15) is 12.4 Å². The highest BCUT2D eigenvalue weighted by molar-refractivity contribution is 5.47. The van der Waals surface area contributed by atoms with Crippen LogP contribution < -0.4 is 9.47 Å². The Labute approximate surface area is 155 Å². The first-order valence-corrected chi connectivity index (χ1v) is 9.11. The van der Waals surface area contributed by atoms with Crippen molar-refractivity contribution in [2.45, 2.75) is 46.2 Å². The fraction of sp³-hybridized carbons (Fsp3) is 0.476. The molecule has 0 amide bonds. The van der Waals surface area contributed by atoms with Gasteiger partial charge in [0.05, 0.1) is 12.8 Å². The van der Waals surface area contributed by atoms with E-state index in [0.717, 1.165) is 53.6 Å². The summed E-state index contributed by atoms with van der Waals surface area (Å²) in [5, 5.41) is 4.14. The van der Waals surface area contributed by atoms with Gasteiger partial charge >= 0.3 is 0 Å². The molecule has 140 valence electrons. The van der Waals surface area contributed by atoms with E-state index in [4.69, 9.17) is 14.0 Å². The molecule has 0 aliphatic carbocycles. The lowest BCUT2D eigenvalue weighted by Gasteiger charge is -2.26. The summed E-state index contributed by atoms with van der Waals surface area (Å²) in [4.78, 5) is 2.48. The SMILES string of the molecule is C=C(C)COc1c(CN2CCC[C@H]2c2c(C)noc2C)cccc1OC. The number of para-hydroxylation sites is 1. The van der Waals surface area contributed by atoms with E-state index in [9.17, 15) is 0 Å². The van der Waals surface area contributed by atoms with E-state index >= 15 is 0 Å². The highest BCUT2D eigenvalue weighted by Gasteiger charge is 2.31. The van der Waals surface area contributed by atoms with Crippen LogP contribution in [0.1, 0.15) is 48.4 Å². The van der Waals surface area contributed by atoms with E-state index in [1.165, 1.54) is 12.0 Å². The molecular formula is C21H28N2O3. The van der Waals surface area contributed by atoms with E-state index in [1.807, 2.05) is 32.9 Å². The number of rotatable bonds is 7. The van der Waals surface area contributed by atoms with Gasteiger partial charge in [0.25, 0.3) is 0 Å². The molecule has 1 aromatic heterocycles. The fourth-order valence-corrected chi connectivity index (χ4v) is 3.73. The second-order valence-corrected chi connectivity index (χ2v) is 7.06. The van der Waals surface area contributed by atoms with Crippen LogP contribution >= 0.6 is 0 Å². The molecule has 0 spiro atoms. The zero-order chi connectivity index (χ0) is 18.7. The van der Waals surface area contributed by atoms with Crippen LogP contribution in [0.5, 0.6) is 11.5 Å². The van der Waals surface area contributed by atoms with Crippen LogP contribution in [-0.4, -0.2) is 30.3 Å². The minimum atomic E-state index is 0.335. The highest BCUT2D eigenvalue weighted by atomic mass is 16.5. The third-order valence-corrected chi connectivity index (χ3v) is 4.90. The van der Waals surface area contributed by atoms with Crippen molar-refractivity contribution >= 4 is 0 Å². The predicted molar refractivity (Wildman–Crippen MR) is 102 cm³/mol. The lowest BCUT2D eigenvalue weighted by molar-refractivity contribution is 0.238. The van der Waals surface area contributed by atoms with Crippen LogP contribution in [-0.2, 0) is 6.54 Å². The number of aryl methyl sites for hydroxylation is 2. The lowest BCUT2D eigenvalue weighted by atomic mass is 10.0. The summed E-state index contributed by atoms with van der Waals surface area (Å²) in [5.74, 6) is 2.49. The Morgan fingerprint density at radius 2 is 2.19 bits per heavy atom. The summed E-state index contributed by atoms with van der Waals surface area (Å²) in [6, 6.07) is 6.40. The molecule has 0 saturated carbocycles. The maximum Gasteiger partial charge on any atom is 0.166 e. The highest BCUT2D eigenvalue weighted by Crippen LogP contribution is 2.39. The van der Waals surface area contributed by atoms with Crippen molar-refractivity contribution in [1.29, 1.82) is 0 Å². The van der Waals surface area contributed by atoms with Crippen LogP contribution in [0.15, 0.2) is 34.9 Å². The molecule has 0 radical (unpaired) electrons. The van der Waals surface area contributed by atoms with Gasteiger partial charge in [-0.1, -0.05) is 23.9 Å². The Morgan fingerprint density at radius 3 is 2.85 bits per heavy atom.